The van der Waals surface area contributed by atoms with Gasteiger partial charge in [-0.05, 0) is 40.2 Å². The van der Waals surface area contributed by atoms with E-state index in [1.807, 2.05) is 12.1 Å². The minimum atomic E-state index is -0.245. The first-order valence-electron chi connectivity index (χ1n) is 6.29. The van der Waals surface area contributed by atoms with Crippen molar-refractivity contribution in [2.75, 3.05) is 5.32 Å². The maximum absolute atomic E-state index is 12.2. The van der Waals surface area contributed by atoms with Gasteiger partial charge in [0.25, 0.3) is 5.91 Å². The topological polar surface area (TPSA) is 62.2 Å². The number of amides is 1. The van der Waals surface area contributed by atoms with Gasteiger partial charge < -0.3 is 10.4 Å². The van der Waals surface area contributed by atoms with Gasteiger partial charge in [-0.15, -0.1) is 0 Å². The number of carbonyl (C=O) groups is 1. The van der Waals surface area contributed by atoms with Crippen LogP contribution in [0.1, 0.15) is 10.4 Å². The molecule has 5 heteroatoms. The van der Waals surface area contributed by atoms with Crippen molar-refractivity contribution in [1.29, 1.82) is 0 Å². The second kappa shape index (κ2) is 5.54. The second-order valence-electron chi connectivity index (χ2n) is 4.50. The molecule has 0 radical (unpaired) electrons. The summed E-state index contributed by atoms with van der Waals surface area (Å²) >= 11 is 3.23. The number of phenols is 1. The zero-order valence-corrected chi connectivity index (χ0v) is 12.5. The number of rotatable bonds is 2. The molecule has 1 heterocycles. The Balaban J connectivity index is 1.96. The molecule has 0 saturated carbocycles. The van der Waals surface area contributed by atoms with Crippen LogP contribution < -0.4 is 5.32 Å². The third kappa shape index (κ3) is 2.73. The van der Waals surface area contributed by atoms with Crippen LogP contribution in [0.3, 0.4) is 0 Å². The Kier molecular flexibility index (Phi) is 3.58. The molecule has 3 aromatic rings. The number of pyridine rings is 1. The molecule has 0 atom stereocenters. The molecule has 1 amide bonds. The largest absolute Gasteiger partial charge is 0.507 e. The fourth-order valence-electron chi connectivity index (χ4n) is 2.11. The van der Waals surface area contributed by atoms with Crippen molar-refractivity contribution < 1.29 is 9.90 Å². The second-order valence-corrected chi connectivity index (χ2v) is 5.31. The summed E-state index contributed by atoms with van der Waals surface area (Å²) in [6.45, 7) is 0. The van der Waals surface area contributed by atoms with Gasteiger partial charge in [0.05, 0.1) is 5.56 Å². The Morgan fingerprint density at radius 1 is 1.05 bits per heavy atom. The van der Waals surface area contributed by atoms with E-state index >= 15 is 0 Å². The summed E-state index contributed by atoms with van der Waals surface area (Å²) in [5.41, 5.74) is 1.12. The van der Waals surface area contributed by atoms with Crippen molar-refractivity contribution in [3.63, 3.8) is 0 Å². The van der Waals surface area contributed by atoms with Gasteiger partial charge in [-0.3, -0.25) is 4.79 Å². The van der Waals surface area contributed by atoms with E-state index in [0.29, 0.717) is 21.2 Å². The van der Waals surface area contributed by atoms with Gasteiger partial charge in [-0.1, -0.05) is 24.3 Å². The highest BCUT2D eigenvalue weighted by atomic mass is 79.9. The summed E-state index contributed by atoms with van der Waals surface area (Å²) in [6.07, 6.45) is 1.50. The molecular weight excluding hydrogens is 332 g/mol. The third-order valence-corrected chi connectivity index (χ3v) is 3.61. The van der Waals surface area contributed by atoms with Crippen molar-refractivity contribution in [2.24, 2.45) is 0 Å². The highest BCUT2D eigenvalue weighted by Crippen LogP contribution is 2.30. The van der Waals surface area contributed by atoms with E-state index in [-0.39, 0.29) is 11.7 Å². The van der Waals surface area contributed by atoms with Crippen LogP contribution >= 0.6 is 15.9 Å². The van der Waals surface area contributed by atoms with Crippen LogP contribution in [0.25, 0.3) is 10.8 Å². The molecule has 2 aromatic carbocycles. The van der Waals surface area contributed by atoms with E-state index in [4.69, 9.17) is 0 Å². The number of fused-ring (bicyclic) bond motifs is 1. The lowest BCUT2D eigenvalue weighted by Gasteiger charge is -2.09. The predicted molar refractivity (Wildman–Crippen MR) is 85.5 cm³/mol. The predicted octanol–water partition coefficient (Wildman–Crippen LogP) is 3.96. The molecule has 0 unspecified atom stereocenters. The highest BCUT2D eigenvalue weighted by Gasteiger charge is 2.09. The number of anilines is 1. The van der Waals surface area contributed by atoms with Gasteiger partial charge in [0, 0.05) is 22.7 Å². The number of hydrogen-bond acceptors (Lipinski definition) is 3. The normalized spacial score (nSPS) is 10.5. The first-order valence-corrected chi connectivity index (χ1v) is 7.08. The van der Waals surface area contributed by atoms with Crippen LogP contribution in [0.2, 0.25) is 0 Å². The van der Waals surface area contributed by atoms with Crippen molar-refractivity contribution >= 4 is 38.3 Å². The summed E-state index contributed by atoms with van der Waals surface area (Å²) in [4.78, 5) is 16.3. The van der Waals surface area contributed by atoms with Gasteiger partial charge in [-0.25, -0.2) is 4.98 Å². The molecule has 2 N–H and O–H groups in total. The lowest BCUT2D eigenvalue weighted by atomic mass is 10.1. The van der Waals surface area contributed by atoms with Gasteiger partial charge >= 0.3 is 0 Å². The number of halogens is 1. The minimum absolute atomic E-state index is 0.189. The molecule has 104 valence electrons. The lowest BCUT2D eigenvalue weighted by Crippen LogP contribution is -2.12. The Morgan fingerprint density at radius 3 is 2.57 bits per heavy atom. The number of nitrogens with zero attached hydrogens (tertiary/aromatic N) is 1. The van der Waals surface area contributed by atoms with Crippen molar-refractivity contribution in [2.45, 2.75) is 0 Å². The van der Waals surface area contributed by atoms with E-state index in [1.165, 1.54) is 6.20 Å². The molecular formula is C16H11BrN2O2. The number of nitrogens with one attached hydrogen (secondary N) is 1. The SMILES string of the molecule is O=C(Nc1cccc2c(O)cccc12)c1ccc(Br)nc1. The summed E-state index contributed by atoms with van der Waals surface area (Å²) in [5, 5.41) is 14.2. The number of phenolic OH excluding ortho intramolecular Hbond substituents is 1. The monoisotopic (exact) mass is 342 g/mol. The van der Waals surface area contributed by atoms with Crippen LogP contribution in [0.5, 0.6) is 5.75 Å². The number of aromatic hydroxyl groups is 1. The minimum Gasteiger partial charge on any atom is -0.507 e. The van der Waals surface area contributed by atoms with Crippen LogP contribution in [-0.2, 0) is 0 Å². The number of carbonyl (C=O) groups excluding carboxylic acids is 1. The molecule has 0 aliphatic rings. The Labute approximate surface area is 129 Å². The third-order valence-electron chi connectivity index (χ3n) is 3.14. The number of hydrogen-bond donors (Lipinski definition) is 2. The van der Waals surface area contributed by atoms with E-state index in [1.54, 1.807) is 36.4 Å². The molecule has 0 fully saturated rings. The van der Waals surface area contributed by atoms with E-state index in [0.717, 1.165) is 5.39 Å². The smallest absolute Gasteiger partial charge is 0.257 e. The number of aromatic nitrogens is 1. The first-order chi connectivity index (χ1) is 10.1. The maximum Gasteiger partial charge on any atom is 0.257 e. The maximum atomic E-state index is 12.2. The van der Waals surface area contributed by atoms with Crippen LogP contribution in [0.15, 0.2) is 59.3 Å². The fourth-order valence-corrected chi connectivity index (χ4v) is 2.34. The Bertz CT molecular complexity index is 816. The zero-order chi connectivity index (χ0) is 14.8. The Morgan fingerprint density at radius 2 is 1.81 bits per heavy atom. The lowest BCUT2D eigenvalue weighted by molar-refractivity contribution is 0.102. The zero-order valence-electron chi connectivity index (χ0n) is 10.9. The molecule has 0 saturated heterocycles. The average molecular weight is 343 g/mol. The van der Waals surface area contributed by atoms with Crippen molar-refractivity contribution in [1.82, 2.24) is 4.98 Å². The molecule has 0 bridgehead atoms. The molecule has 0 aliphatic carbocycles. The van der Waals surface area contributed by atoms with Crippen LogP contribution in [0, 0.1) is 0 Å². The molecule has 21 heavy (non-hydrogen) atoms. The van der Waals surface area contributed by atoms with Gasteiger partial charge in [0.15, 0.2) is 0 Å². The van der Waals surface area contributed by atoms with Gasteiger partial charge in [-0.2, -0.15) is 0 Å². The molecule has 3 rings (SSSR count). The van der Waals surface area contributed by atoms with Gasteiger partial charge in [0.1, 0.15) is 10.4 Å². The summed E-state index contributed by atoms with van der Waals surface area (Å²) in [6, 6.07) is 14.0. The molecule has 0 aliphatic heterocycles. The van der Waals surface area contributed by atoms with E-state index < -0.39 is 0 Å². The van der Waals surface area contributed by atoms with Crippen molar-refractivity contribution in [3.8, 4) is 5.75 Å². The standard InChI is InChI=1S/C16H11BrN2O2/c17-15-8-7-10(9-18-15)16(21)19-13-5-1-4-12-11(13)3-2-6-14(12)20/h1-9,20H,(H,19,21). The molecule has 4 nitrogen and oxygen atoms in total. The summed E-state index contributed by atoms with van der Waals surface area (Å²) in [7, 11) is 0. The average Bonchev–Trinajstić information content (AvgIpc) is 2.49. The molecule has 1 aromatic heterocycles. The van der Waals surface area contributed by atoms with Crippen LogP contribution in [-0.4, -0.2) is 16.0 Å². The summed E-state index contributed by atoms with van der Waals surface area (Å²) in [5.74, 6) is -0.0558. The summed E-state index contributed by atoms with van der Waals surface area (Å²) < 4.78 is 0.675. The van der Waals surface area contributed by atoms with E-state index in [9.17, 15) is 9.90 Å². The highest BCUT2D eigenvalue weighted by molar-refractivity contribution is 9.10. The van der Waals surface area contributed by atoms with Gasteiger partial charge in [0.2, 0.25) is 0 Å². The van der Waals surface area contributed by atoms with Crippen LogP contribution in [0.4, 0.5) is 5.69 Å². The quantitative estimate of drug-likeness (QED) is 0.693. The number of benzene rings is 2. The van der Waals surface area contributed by atoms with E-state index in [2.05, 4.69) is 26.2 Å². The fraction of sp³-hybridized carbons (Fsp3) is 0. The molecule has 0 spiro atoms. The van der Waals surface area contributed by atoms with Crippen molar-refractivity contribution in [3.05, 3.63) is 64.9 Å². The first kappa shape index (κ1) is 13.6. The Hall–Kier alpha value is -2.40.